The fourth-order valence-electron chi connectivity index (χ4n) is 4.33. The van der Waals surface area contributed by atoms with Crippen LogP contribution < -0.4 is 5.32 Å². The second-order valence-electron chi connectivity index (χ2n) is 6.82. The summed E-state index contributed by atoms with van der Waals surface area (Å²) in [5.74, 6) is 1.87. The molecular weight excluding hydrogens is 242 g/mol. The second-order valence-corrected chi connectivity index (χ2v) is 6.82. The van der Waals surface area contributed by atoms with E-state index in [0.717, 1.165) is 18.4 Å². The summed E-state index contributed by atoms with van der Waals surface area (Å²) in [7, 11) is 0. The van der Waals surface area contributed by atoms with Gasteiger partial charge in [0.1, 0.15) is 0 Å². The van der Waals surface area contributed by atoms with E-state index >= 15 is 0 Å². The predicted molar refractivity (Wildman–Crippen MR) is 85.9 cm³/mol. The van der Waals surface area contributed by atoms with Gasteiger partial charge in [0.25, 0.3) is 0 Å². The van der Waals surface area contributed by atoms with Crippen LogP contribution in [-0.2, 0) is 6.42 Å². The molecule has 0 heterocycles. The summed E-state index contributed by atoms with van der Waals surface area (Å²) in [6.45, 7) is 3.42. The van der Waals surface area contributed by atoms with Crippen LogP contribution >= 0.6 is 0 Å². The predicted octanol–water partition coefficient (Wildman–Crippen LogP) is 4.87. The molecule has 3 rings (SSSR count). The maximum atomic E-state index is 3.85. The first-order chi connectivity index (χ1) is 9.88. The van der Waals surface area contributed by atoms with Crippen LogP contribution in [0.1, 0.15) is 69.0 Å². The summed E-state index contributed by atoms with van der Waals surface area (Å²) in [4.78, 5) is 0. The SMILES string of the molecule is CCCNC1c2ccccc2CCC1CC1CCCC1. The number of rotatable bonds is 5. The Labute approximate surface area is 124 Å². The van der Waals surface area contributed by atoms with Crippen LogP contribution in [0.5, 0.6) is 0 Å². The van der Waals surface area contributed by atoms with Crippen LogP contribution in [0.3, 0.4) is 0 Å². The normalized spacial score (nSPS) is 26.6. The maximum Gasteiger partial charge on any atom is 0.0351 e. The number of hydrogen-bond donors (Lipinski definition) is 1. The quantitative estimate of drug-likeness (QED) is 0.805. The lowest BCUT2D eigenvalue weighted by molar-refractivity contribution is 0.261. The van der Waals surface area contributed by atoms with Gasteiger partial charge in [-0.15, -0.1) is 0 Å². The molecule has 1 aromatic rings. The van der Waals surface area contributed by atoms with Gasteiger partial charge in [0.05, 0.1) is 0 Å². The van der Waals surface area contributed by atoms with Gasteiger partial charge in [-0.25, -0.2) is 0 Å². The molecule has 0 aliphatic heterocycles. The molecule has 2 aliphatic carbocycles. The lowest BCUT2D eigenvalue weighted by Crippen LogP contribution is -2.33. The van der Waals surface area contributed by atoms with Gasteiger partial charge >= 0.3 is 0 Å². The van der Waals surface area contributed by atoms with E-state index in [1.165, 1.54) is 51.4 Å². The minimum atomic E-state index is 0.612. The number of aryl methyl sites for hydroxylation is 1. The first kappa shape index (κ1) is 14.1. The van der Waals surface area contributed by atoms with Gasteiger partial charge in [-0.1, -0.05) is 56.9 Å². The largest absolute Gasteiger partial charge is 0.310 e. The highest BCUT2D eigenvalue weighted by Crippen LogP contribution is 2.41. The summed E-state index contributed by atoms with van der Waals surface area (Å²) in [6, 6.07) is 9.73. The van der Waals surface area contributed by atoms with Crippen molar-refractivity contribution in [1.29, 1.82) is 0 Å². The second kappa shape index (κ2) is 6.76. The summed E-state index contributed by atoms with van der Waals surface area (Å²) in [5, 5.41) is 3.85. The van der Waals surface area contributed by atoms with Gasteiger partial charge in [-0.05, 0) is 55.2 Å². The van der Waals surface area contributed by atoms with E-state index < -0.39 is 0 Å². The monoisotopic (exact) mass is 271 g/mol. The molecule has 2 aliphatic rings. The van der Waals surface area contributed by atoms with Gasteiger partial charge in [-0.2, -0.15) is 0 Å². The number of benzene rings is 1. The molecule has 0 amide bonds. The van der Waals surface area contributed by atoms with Crippen LogP contribution in [0.15, 0.2) is 24.3 Å². The maximum absolute atomic E-state index is 3.85. The topological polar surface area (TPSA) is 12.0 Å². The van der Waals surface area contributed by atoms with Crippen molar-refractivity contribution in [3.05, 3.63) is 35.4 Å². The molecule has 1 heteroatoms. The molecule has 1 nitrogen and oxygen atoms in total. The third-order valence-corrected chi connectivity index (χ3v) is 5.37. The number of fused-ring (bicyclic) bond motifs is 1. The zero-order chi connectivity index (χ0) is 13.8. The Morgan fingerprint density at radius 2 is 1.90 bits per heavy atom. The van der Waals surface area contributed by atoms with Crippen molar-refractivity contribution in [3.63, 3.8) is 0 Å². The van der Waals surface area contributed by atoms with Crippen LogP contribution in [0.4, 0.5) is 0 Å². The lowest BCUT2D eigenvalue weighted by Gasteiger charge is -2.36. The van der Waals surface area contributed by atoms with Gasteiger partial charge < -0.3 is 5.32 Å². The molecule has 1 aromatic carbocycles. The third-order valence-electron chi connectivity index (χ3n) is 5.37. The molecule has 0 radical (unpaired) electrons. The molecule has 2 atom stereocenters. The fourth-order valence-corrected chi connectivity index (χ4v) is 4.33. The molecule has 2 unspecified atom stereocenters. The Bertz CT molecular complexity index is 420. The highest BCUT2D eigenvalue weighted by Gasteiger charge is 2.31. The Morgan fingerprint density at radius 1 is 1.10 bits per heavy atom. The smallest absolute Gasteiger partial charge is 0.0351 e. The van der Waals surface area contributed by atoms with Crippen molar-refractivity contribution in [2.45, 2.75) is 64.3 Å². The zero-order valence-electron chi connectivity index (χ0n) is 12.9. The highest BCUT2D eigenvalue weighted by molar-refractivity contribution is 5.33. The molecule has 1 fully saturated rings. The average molecular weight is 271 g/mol. The average Bonchev–Trinajstić information content (AvgIpc) is 2.99. The van der Waals surface area contributed by atoms with Crippen LogP contribution in [-0.4, -0.2) is 6.54 Å². The van der Waals surface area contributed by atoms with E-state index in [-0.39, 0.29) is 0 Å². The summed E-state index contributed by atoms with van der Waals surface area (Å²) in [5.41, 5.74) is 3.18. The van der Waals surface area contributed by atoms with E-state index in [1.54, 1.807) is 11.1 Å². The van der Waals surface area contributed by atoms with Crippen molar-refractivity contribution in [3.8, 4) is 0 Å². The molecule has 0 saturated heterocycles. The van der Waals surface area contributed by atoms with Crippen LogP contribution in [0.2, 0.25) is 0 Å². The van der Waals surface area contributed by atoms with Gasteiger partial charge in [0, 0.05) is 6.04 Å². The highest BCUT2D eigenvalue weighted by atomic mass is 14.9. The molecular formula is C19H29N. The number of hydrogen-bond acceptors (Lipinski definition) is 1. The van der Waals surface area contributed by atoms with Crippen molar-refractivity contribution in [2.24, 2.45) is 11.8 Å². The van der Waals surface area contributed by atoms with Crippen LogP contribution in [0, 0.1) is 11.8 Å². The standard InChI is InChI=1S/C19H29N/c1-2-13-20-19-17(14-15-7-3-4-8-15)12-11-16-9-5-6-10-18(16)19/h5-6,9-10,15,17,19-20H,2-4,7-8,11-14H2,1H3. The van der Waals surface area contributed by atoms with Crippen LogP contribution in [0.25, 0.3) is 0 Å². The molecule has 0 spiro atoms. The van der Waals surface area contributed by atoms with Crippen molar-refractivity contribution in [1.82, 2.24) is 5.32 Å². The van der Waals surface area contributed by atoms with Crippen molar-refractivity contribution in [2.75, 3.05) is 6.54 Å². The summed E-state index contributed by atoms with van der Waals surface area (Å²) < 4.78 is 0. The van der Waals surface area contributed by atoms with Gasteiger partial charge in [0.15, 0.2) is 0 Å². The molecule has 0 bridgehead atoms. The van der Waals surface area contributed by atoms with Crippen molar-refractivity contribution >= 4 is 0 Å². The molecule has 1 N–H and O–H groups in total. The molecule has 110 valence electrons. The van der Waals surface area contributed by atoms with E-state index in [0.29, 0.717) is 6.04 Å². The first-order valence-electron chi connectivity index (χ1n) is 8.69. The van der Waals surface area contributed by atoms with Gasteiger partial charge in [0.2, 0.25) is 0 Å². The minimum Gasteiger partial charge on any atom is -0.310 e. The molecule has 0 aromatic heterocycles. The first-order valence-corrected chi connectivity index (χ1v) is 8.69. The Balaban J connectivity index is 1.75. The summed E-state index contributed by atoms with van der Waals surface area (Å²) in [6.07, 6.45) is 11.3. The Hall–Kier alpha value is -0.820. The third kappa shape index (κ3) is 3.09. The van der Waals surface area contributed by atoms with E-state index in [4.69, 9.17) is 0 Å². The molecule has 1 saturated carbocycles. The molecule has 20 heavy (non-hydrogen) atoms. The number of nitrogens with one attached hydrogen (secondary N) is 1. The van der Waals surface area contributed by atoms with Gasteiger partial charge in [-0.3, -0.25) is 0 Å². The van der Waals surface area contributed by atoms with E-state index in [2.05, 4.69) is 36.5 Å². The Morgan fingerprint density at radius 3 is 2.70 bits per heavy atom. The van der Waals surface area contributed by atoms with E-state index in [1.807, 2.05) is 0 Å². The minimum absolute atomic E-state index is 0.612. The Kier molecular flexibility index (Phi) is 4.77. The van der Waals surface area contributed by atoms with Crippen molar-refractivity contribution < 1.29 is 0 Å². The van der Waals surface area contributed by atoms with E-state index in [9.17, 15) is 0 Å². The lowest BCUT2D eigenvalue weighted by atomic mass is 9.75. The fraction of sp³-hybridized carbons (Fsp3) is 0.684. The zero-order valence-corrected chi connectivity index (χ0v) is 12.9. The summed E-state index contributed by atoms with van der Waals surface area (Å²) >= 11 is 0.